The van der Waals surface area contributed by atoms with Crippen LogP contribution in [0.5, 0.6) is 0 Å². The van der Waals surface area contributed by atoms with E-state index in [1.165, 1.54) is 29.1 Å². The van der Waals surface area contributed by atoms with Gasteiger partial charge < -0.3 is 5.32 Å². The molecule has 0 saturated heterocycles. The molecule has 0 aliphatic heterocycles. The van der Waals surface area contributed by atoms with Gasteiger partial charge in [0.2, 0.25) is 0 Å². The highest BCUT2D eigenvalue weighted by Gasteiger charge is 2.16. The minimum absolute atomic E-state index is 0.102. The zero-order chi connectivity index (χ0) is 23.4. The van der Waals surface area contributed by atoms with Crippen molar-refractivity contribution in [2.75, 3.05) is 11.3 Å². The molecular formula is C24H23N3O3S3. The Morgan fingerprint density at radius 2 is 1.76 bits per heavy atom. The van der Waals surface area contributed by atoms with Crippen molar-refractivity contribution >= 4 is 44.3 Å². The van der Waals surface area contributed by atoms with E-state index < -0.39 is 10.0 Å². The summed E-state index contributed by atoms with van der Waals surface area (Å²) in [5.74, 6) is -0.238. The minimum Gasteiger partial charge on any atom is -0.352 e. The van der Waals surface area contributed by atoms with Crippen LogP contribution in [0.1, 0.15) is 25.8 Å². The van der Waals surface area contributed by atoms with Gasteiger partial charge in [0, 0.05) is 22.4 Å². The van der Waals surface area contributed by atoms with Gasteiger partial charge in [-0.15, -0.1) is 22.7 Å². The maximum absolute atomic E-state index is 12.7. The van der Waals surface area contributed by atoms with Crippen LogP contribution in [-0.4, -0.2) is 25.9 Å². The zero-order valence-electron chi connectivity index (χ0n) is 18.2. The van der Waals surface area contributed by atoms with E-state index in [4.69, 9.17) is 0 Å². The number of hydrogen-bond donors (Lipinski definition) is 2. The lowest BCUT2D eigenvalue weighted by Crippen LogP contribution is -2.25. The molecule has 0 bridgehead atoms. The zero-order valence-corrected chi connectivity index (χ0v) is 20.6. The quantitative estimate of drug-likeness (QED) is 0.347. The molecular weight excluding hydrogens is 474 g/mol. The summed E-state index contributed by atoms with van der Waals surface area (Å²) < 4.78 is 27.9. The maximum atomic E-state index is 12.7. The van der Waals surface area contributed by atoms with Crippen LogP contribution >= 0.6 is 22.7 Å². The summed E-state index contributed by atoms with van der Waals surface area (Å²) >= 11 is 3.30. The Morgan fingerprint density at radius 3 is 2.45 bits per heavy atom. The van der Waals surface area contributed by atoms with Gasteiger partial charge in [-0.3, -0.25) is 9.52 Å². The molecule has 0 unspecified atom stereocenters. The molecule has 0 aliphatic rings. The van der Waals surface area contributed by atoms with Crippen LogP contribution in [0.4, 0.5) is 5.69 Å². The van der Waals surface area contributed by atoms with Gasteiger partial charge in [0.05, 0.1) is 26.2 Å². The average Bonchev–Trinajstić information content (AvgIpc) is 3.44. The summed E-state index contributed by atoms with van der Waals surface area (Å²) in [7, 11) is -3.74. The highest BCUT2D eigenvalue weighted by Crippen LogP contribution is 2.29. The van der Waals surface area contributed by atoms with E-state index in [9.17, 15) is 13.2 Å². The Bertz CT molecular complexity index is 1370. The first kappa shape index (κ1) is 23.2. The van der Waals surface area contributed by atoms with Crippen molar-refractivity contribution < 1.29 is 13.2 Å². The van der Waals surface area contributed by atoms with Crippen molar-refractivity contribution in [3.8, 4) is 10.6 Å². The number of sulfonamides is 1. The average molecular weight is 498 g/mol. The third kappa shape index (κ3) is 5.68. The number of anilines is 1. The second-order valence-electron chi connectivity index (χ2n) is 7.47. The summed E-state index contributed by atoms with van der Waals surface area (Å²) in [6.45, 7) is 4.31. The molecule has 1 amide bonds. The van der Waals surface area contributed by atoms with E-state index in [1.807, 2.05) is 31.4 Å². The van der Waals surface area contributed by atoms with Gasteiger partial charge >= 0.3 is 0 Å². The van der Waals surface area contributed by atoms with Crippen LogP contribution in [0.15, 0.2) is 70.9 Å². The predicted octanol–water partition coefficient (Wildman–Crippen LogP) is 5.26. The molecule has 2 N–H and O–H groups in total. The number of benzene rings is 2. The molecule has 170 valence electrons. The number of aryl methyl sites for hydroxylation is 2. The van der Waals surface area contributed by atoms with Crippen molar-refractivity contribution in [2.45, 2.75) is 25.2 Å². The topological polar surface area (TPSA) is 88.2 Å². The van der Waals surface area contributed by atoms with Crippen molar-refractivity contribution in [3.63, 3.8) is 0 Å². The number of para-hydroxylation sites is 1. The highest BCUT2D eigenvalue weighted by atomic mass is 32.2. The van der Waals surface area contributed by atoms with Gasteiger partial charge in [-0.2, -0.15) is 0 Å². The van der Waals surface area contributed by atoms with Gasteiger partial charge in [-0.05, 0) is 68.3 Å². The fourth-order valence-corrected chi connectivity index (χ4v) is 5.99. The lowest BCUT2D eigenvalue weighted by Gasteiger charge is -2.11. The fourth-order valence-electron chi connectivity index (χ4n) is 3.20. The van der Waals surface area contributed by atoms with E-state index in [1.54, 1.807) is 34.8 Å². The number of thiophene rings is 1. The van der Waals surface area contributed by atoms with Crippen LogP contribution in [0.25, 0.3) is 10.6 Å². The van der Waals surface area contributed by atoms with Gasteiger partial charge in [0.25, 0.3) is 15.9 Å². The van der Waals surface area contributed by atoms with Crippen molar-refractivity contribution in [3.05, 3.63) is 87.1 Å². The molecule has 4 rings (SSSR count). The lowest BCUT2D eigenvalue weighted by molar-refractivity contribution is 0.0954. The molecule has 4 aromatic rings. The Morgan fingerprint density at radius 1 is 1.00 bits per heavy atom. The molecule has 2 aromatic carbocycles. The number of rotatable bonds is 8. The number of aromatic nitrogens is 1. The van der Waals surface area contributed by atoms with Gasteiger partial charge in [0.15, 0.2) is 0 Å². The van der Waals surface area contributed by atoms with E-state index in [0.29, 0.717) is 24.2 Å². The third-order valence-corrected chi connectivity index (χ3v) is 8.33. The van der Waals surface area contributed by atoms with E-state index >= 15 is 0 Å². The Labute approximate surface area is 201 Å². The molecule has 2 aromatic heterocycles. The first-order chi connectivity index (χ1) is 15.8. The second kappa shape index (κ2) is 9.86. The molecule has 0 fully saturated rings. The summed E-state index contributed by atoms with van der Waals surface area (Å²) in [6.07, 6.45) is 0.715. The first-order valence-corrected chi connectivity index (χ1v) is 13.5. The molecule has 9 heteroatoms. The van der Waals surface area contributed by atoms with E-state index in [0.717, 1.165) is 21.1 Å². The van der Waals surface area contributed by atoms with Crippen molar-refractivity contribution in [1.29, 1.82) is 0 Å². The molecule has 6 nitrogen and oxygen atoms in total. The Hall–Kier alpha value is -3.01. The first-order valence-electron chi connectivity index (χ1n) is 10.3. The Kier molecular flexibility index (Phi) is 6.92. The largest absolute Gasteiger partial charge is 0.352 e. The second-order valence-corrected chi connectivity index (χ2v) is 11.4. The van der Waals surface area contributed by atoms with E-state index in [2.05, 4.69) is 27.2 Å². The molecule has 33 heavy (non-hydrogen) atoms. The van der Waals surface area contributed by atoms with Gasteiger partial charge in [0.1, 0.15) is 0 Å². The number of nitrogens with one attached hydrogen (secondary N) is 2. The van der Waals surface area contributed by atoms with Crippen LogP contribution in [0, 0.1) is 13.8 Å². The predicted molar refractivity (Wildman–Crippen MR) is 135 cm³/mol. The highest BCUT2D eigenvalue weighted by molar-refractivity contribution is 7.92. The summed E-state index contributed by atoms with van der Waals surface area (Å²) in [5.41, 5.74) is 2.76. The minimum atomic E-state index is -3.74. The summed E-state index contributed by atoms with van der Waals surface area (Å²) in [4.78, 5) is 19.4. The third-order valence-electron chi connectivity index (χ3n) is 5.01. The van der Waals surface area contributed by atoms with Crippen LogP contribution in [0.2, 0.25) is 0 Å². The molecule has 0 radical (unpaired) electrons. The number of carbonyl (C=O) groups is 1. The van der Waals surface area contributed by atoms with Crippen LogP contribution < -0.4 is 10.0 Å². The van der Waals surface area contributed by atoms with E-state index in [-0.39, 0.29) is 10.8 Å². The Balaban J connectivity index is 1.33. The number of amides is 1. The molecule has 0 spiro atoms. The molecule has 2 heterocycles. The normalized spacial score (nSPS) is 11.3. The smallest absolute Gasteiger partial charge is 0.261 e. The summed E-state index contributed by atoms with van der Waals surface area (Å²) in [6, 6.07) is 17.2. The number of nitrogens with zero attached hydrogens (tertiary/aromatic N) is 1. The maximum Gasteiger partial charge on any atom is 0.261 e. The van der Waals surface area contributed by atoms with Crippen molar-refractivity contribution in [1.82, 2.24) is 10.3 Å². The standard InChI is InChI=1S/C24H23N3O3S3/c1-16-5-3-4-6-21(16)27-33(29,30)20-10-7-18(8-11-20)24(28)25-14-13-19-9-12-23(32-19)22-15-31-17(2)26-22/h3-12,15,27H,13-14H2,1-2H3,(H,25,28). The van der Waals surface area contributed by atoms with Crippen molar-refractivity contribution in [2.24, 2.45) is 0 Å². The number of carbonyl (C=O) groups excluding carboxylic acids is 1. The molecule has 0 saturated carbocycles. The SMILES string of the molecule is Cc1nc(-c2ccc(CCNC(=O)c3ccc(S(=O)(=O)Nc4ccccc4C)cc3)s2)cs1. The monoisotopic (exact) mass is 497 g/mol. The fraction of sp³-hybridized carbons (Fsp3) is 0.167. The van der Waals surface area contributed by atoms with Crippen LogP contribution in [-0.2, 0) is 16.4 Å². The van der Waals surface area contributed by atoms with Crippen LogP contribution in [0.3, 0.4) is 0 Å². The molecule has 0 aliphatic carbocycles. The number of thiazole rings is 1. The van der Waals surface area contributed by atoms with Gasteiger partial charge in [-0.1, -0.05) is 18.2 Å². The molecule has 0 atom stereocenters. The lowest BCUT2D eigenvalue weighted by atomic mass is 10.2. The number of hydrogen-bond acceptors (Lipinski definition) is 6. The van der Waals surface area contributed by atoms with Gasteiger partial charge in [-0.25, -0.2) is 13.4 Å². The summed E-state index contributed by atoms with van der Waals surface area (Å²) in [5, 5.41) is 5.98.